The summed E-state index contributed by atoms with van der Waals surface area (Å²) < 4.78 is 4.57. The second kappa shape index (κ2) is 7.02. The van der Waals surface area contributed by atoms with Crippen molar-refractivity contribution in [2.24, 2.45) is 5.92 Å². The number of methoxy groups -OCH3 is 1. The van der Waals surface area contributed by atoms with Crippen LogP contribution in [0.4, 0.5) is 0 Å². The molecule has 0 aliphatic rings. The summed E-state index contributed by atoms with van der Waals surface area (Å²) >= 11 is 0. The highest BCUT2D eigenvalue weighted by atomic mass is 16.5. The lowest BCUT2D eigenvalue weighted by molar-refractivity contribution is -0.136. The maximum Gasteiger partial charge on any atom is 0.333 e. The van der Waals surface area contributed by atoms with Gasteiger partial charge in [0.2, 0.25) is 0 Å². The van der Waals surface area contributed by atoms with Crippen LogP contribution in [-0.4, -0.2) is 38.1 Å². The normalized spacial score (nSPS) is 13.5. The Balaban J connectivity index is 4.04. The van der Waals surface area contributed by atoms with Gasteiger partial charge in [0.25, 0.3) is 0 Å². The van der Waals surface area contributed by atoms with E-state index in [0.717, 1.165) is 0 Å². The van der Waals surface area contributed by atoms with Crippen LogP contribution in [0.25, 0.3) is 0 Å². The van der Waals surface area contributed by atoms with Crippen molar-refractivity contribution in [2.75, 3.05) is 27.2 Å². The average Bonchev–Trinajstić information content (AvgIpc) is 2.24. The summed E-state index contributed by atoms with van der Waals surface area (Å²) in [5, 5.41) is 8.62. The molecule has 15 heavy (non-hydrogen) atoms. The van der Waals surface area contributed by atoms with Gasteiger partial charge in [-0.15, -0.1) is 0 Å². The van der Waals surface area contributed by atoms with Gasteiger partial charge in [-0.1, -0.05) is 6.08 Å². The zero-order chi connectivity index (χ0) is 11.8. The second-order valence-corrected chi connectivity index (χ2v) is 3.63. The Hall–Kier alpha value is -1.34. The number of carbonyl (C=O) groups excluding carboxylic acids is 1. The minimum atomic E-state index is -0.309. The number of nitriles is 1. The van der Waals surface area contributed by atoms with E-state index in [0.29, 0.717) is 18.7 Å². The Labute approximate surface area is 91.1 Å². The van der Waals surface area contributed by atoms with E-state index in [2.05, 4.69) is 10.8 Å². The first kappa shape index (κ1) is 13.7. The van der Waals surface area contributed by atoms with Crippen LogP contribution in [0, 0.1) is 17.2 Å². The first-order valence-corrected chi connectivity index (χ1v) is 4.84. The van der Waals surface area contributed by atoms with Crippen molar-refractivity contribution in [3.8, 4) is 6.07 Å². The van der Waals surface area contributed by atoms with Gasteiger partial charge in [0, 0.05) is 18.7 Å². The highest BCUT2D eigenvalue weighted by molar-refractivity contribution is 5.87. The summed E-state index contributed by atoms with van der Waals surface area (Å²) in [5.74, 6) is -0.307. The summed E-state index contributed by atoms with van der Waals surface area (Å²) in [7, 11) is 3.27. The predicted octanol–water partition coefficient (Wildman–Crippen LogP) is 1.20. The average molecular weight is 210 g/mol. The highest BCUT2D eigenvalue weighted by Crippen LogP contribution is 1.99. The van der Waals surface area contributed by atoms with Crippen LogP contribution in [0.1, 0.15) is 13.8 Å². The number of rotatable bonds is 5. The van der Waals surface area contributed by atoms with Gasteiger partial charge in [-0.05, 0) is 20.9 Å². The number of ether oxygens (including phenoxy) is 1. The number of carbonyl (C=O) groups is 1. The number of hydrogen-bond donors (Lipinski definition) is 0. The molecule has 0 bridgehead atoms. The summed E-state index contributed by atoms with van der Waals surface area (Å²) in [4.78, 5) is 13.0. The van der Waals surface area contributed by atoms with Crippen LogP contribution in [-0.2, 0) is 9.53 Å². The molecule has 0 spiro atoms. The van der Waals surface area contributed by atoms with Gasteiger partial charge in [-0.3, -0.25) is 0 Å². The van der Waals surface area contributed by atoms with Gasteiger partial charge in [0.15, 0.2) is 0 Å². The SMILES string of the molecule is COC(=O)C(C)=CCN(C)CC(C)C#N. The lowest BCUT2D eigenvalue weighted by atomic mass is 10.2. The largest absolute Gasteiger partial charge is 0.466 e. The highest BCUT2D eigenvalue weighted by Gasteiger charge is 2.05. The quantitative estimate of drug-likeness (QED) is 0.505. The molecule has 0 fully saturated rings. The van der Waals surface area contributed by atoms with Crippen molar-refractivity contribution in [1.29, 1.82) is 5.26 Å². The van der Waals surface area contributed by atoms with Crippen molar-refractivity contribution >= 4 is 5.97 Å². The van der Waals surface area contributed by atoms with E-state index in [1.165, 1.54) is 7.11 Å². The fourth-order valence-corrected chi connectivity index (χ4v) is 1.12. The van der Waals surface area contributed by atoms with Crippen LogP contribution in [0.2, 0.25) is 0 Å². The molecule has 1 unspecified atom stereocenters. The van der Waals surface area contributed by atoms with Crippen LogP contribution in [0.3, 0.4) is 0 Å². The third-order valence-corrected chi connectivity index (χ3v) is 2.02. The van der Waals surface area contributed by atoms with Crippen LogP contribution in [0.5, 0.6) is 0 Å². The number of hydrogen-bond acceptors (Lipinski definition) is 4. The smallest absolute Gasteiger partial charge is 0.333 e. The maximum atomic E-state index is 11.0. The number of nitrogens with zero attached hydrogens (tertiary/aromatic N) is 2. The summed E-state index contributed by atoms with van der Waals surface area (Å²) in [6.45, 7) is 4.93. The predicted molar refractivity (Wildman–Crippen MR) is 58.0 cm³/mol. The molecule has 0 heterocycles. The van der Waals surface area contributed by atoms with Gasteiger partial charge in [-0.2, -0.15) is 5.26 Å². The zero-order valence-corrected chi connectivity index (χ0v) is 9.78. The molecule has 4 heteroatoms. The Kier molecular flexibility index (Phi) is 6.39. The molecule has 4 nitrogen and oxygen atoms in total. The molecule has 1 atom stereocenters. The van der Waals surface area contributed by atoms with E-state index < -0.39 is 0 Å². The molecule has 84 valence electrons. The van der Waals surface area contributed by atoms with Crippen molar-refractivity contribution in [3.05, 3.63) is 11.6 Å². The molecular weight excluding hydrogens is 192 g/mol. The monoisotopic (exact) mass is 210 g/mol. The minimum absolute atomic E-state index is 0.00170. The third-order valence-electron chi connectivity index (χ3n) is 2.02. The lowest BCUT2D eigenvalue weighted by Gasteiger charge is -2.15. The van der Waals surface area contributed by atoms with E-state index >= 15 is 0 Å². The van der Waals surface area contributed by atoms with Gasteiger partial charge < -0.3 is 9.64 Å². The lowest BCUT2D eigenvalue weighted by Crippen LogP contribution is -2.24. The molecule has 0 N–H and O–H groups in total. The van der Waals surface area contributed by atoms with Crippen molar-refractivity contribution in [3.63, 3.8) is 0 Å². The molecule has 0 amide bonds. The fourth-order valence-electron chi connectivity index (χ4n) is 1.12. The van der Waals surface area contributed by atoms with Crippen molar-refractivity contribution in [2.45, 2.75) is 13.8 Å². The van der Waals surface area contributed by atoms with Crippen molar-refractivity contribution < 1.29 is 9.53 Å². The molecule has 0 aromatic carbocycles. The van der Waals surface area contributed by atoms with Crippen LogP contribution in [0.15, 0.2) is 11.6 Å². The number of esters is 1. The van der Waals surface area contributed by atoms with Gasteiger partial charge >= 0.3 is 5.97 Å². The summed E-state index contributed by atoms with van der Waals surface area (Å²) in [6, 6.07) is 2.16. The van der Waals surface area contributed by atoms with Gasteiger partial charge in [-0.25, -0.2) is 4.79 Å². The molecule has 0 aromatic heterocycles. The van der Waals surface area contributed by atoms with Gasteiger partial charge in [0.1, 0.15) is 0 Å². The molecule has 0 saturated heterocycles. The van der Waals surface area contributed by atoms with E-state index in [1.54, 1.807) is 13.0 Å². The molecule has 0 aliphatic carbocycles. The molecule has 0 radical (unpaired) electrons. The van der Waals surface area contributed by atoms with Crippen LogP contribution < -0.4 is 0 Å². The molecule has 0 aromatic rings. The maximum absolute atomic E-state index is 11.0. The van der Waals surface area contributed by atoms with E-state index in [4.69, 9.17) is 5.26 Å². The Morgan fingerprint density at radius 2 is 2.27 bits per heavy atom. The Morgan fingerprint density at radius 1 is 1.67 bits per heavy atom. The summed E-state index contributed by atoms with van der Waals surface area (Å²) in [5.41, 5.74) is 0.592. The first-order chi connectivity index (χ1) is 7.01. The minimum Gasteiger partial charge on any atom is -0.466 e. The zero-order valence-electron chi connectivity index (χ0n) is 9.78. The fraction of sp³-hybridized carbons (Fsp3) is 0.636. The molecular formula is C11H18N2O2. The van der Waals surface area contributed by atoms with E-state index in [-0.39, 0.29) is 11.9 Å². The Morgan fingerprint density at radius 3 is 2.73 bits per heavy atom. The molecule has 0 aliphatic heterocycles. The van der Waals surface area contributed by atoms with Gasteiger partial charge in [0.05, 0.1) is 19.1 Å². The second-order valence-electron chi connectivity index (χ2n) is 3.63. The molecule has 0 rings (SSSR count). The number of likely N-dealkylation sites (N-methyl/N-ethyl adjacent to an activating group) is 1. The van der Waals surface area contributed by atoms with E-state index in [1.807, 2.05) is 18.9 Å². The standard InChI is InChI=1S/C11H18N2O2/c1-9(7-12)8-13(3)6-5-10(2)11(14)15-4/h5,9H,6,8H2,1-4H3. The summed E-state index contributed by atoms with van der Waals surface area (Å²) in [6.07, 6.45) is 1.80. The van der Waals surface area contributed by atoms with E-state index in [9.17, 15) is 4.79 Å². The van der Waals surface area contributed by atoms with Crippen LogP contribution >= 0.6 is 0 Å². The molecule has 0 saturated carbocycles. The first-order valence-electron chi connectivity index (χ1n) is 4.84. The van der Waals surface area contributed by atoms with Crippen molar-refractivity contribution in [1.82, 2.24) is 4.90 Å². The Bertz CT molecular complexity index is 279. The topological polar surface area (TPSA) is 53.3 Å². The third kappa shape index (κ3) is 5.87.